The summed E-state index contributed by atoms with van der Waals surface area (Å²) in [5.74, 6) is 0.799. The lowest BCUT2D eigenvalue weighted by Crippen LogP contribution is -1.94. The molecule has 1 aromatic carbocycles. The van der Waals surface area contributed by atoms with Crippen molar-refractivity contribution in [1.82, 2.24) is 0 Å². The molecule has 0 aliphatic carbocycles. The Hall–Kier alpha value is -1.24. The van der Waals surface area contributed by atoms with Gasteiger partial charge in [-0.3, -0.25) is 0 Å². The van der Waals surface area contributed by atoms with E-state index in [9.17, 15) is 0 Å². The van der Waals surface area contributed by atoms with Crippen LogP contribution in [-0.4, -0.2) is 6.61 Å². The number of rotatable bonds is 5. The van der Waals surface area contributed by atoms with E-state index in [0.717, 1.165) is 25.2 Å². The molecule has 0 heterocycles. The lowest BCUT2D eigenvalue weighted by molar-refractivity contribution is 0.212. The highest BCUT2D eigenvalue weighted by Gasteiger charge is 1.91. The van der Waals surface area contributed by atoms with Crippen LogP contribution in [0.3, 0.4) is 0 Å². The summed E-state index contributed by atoms with van der Waals surface area (Å²) in [5.41, 5.74) is 1.37. The van der Waals surface area contributed by atoms with Crippen LogP contribution in [0.15, 0.2) is 42.7 Å². The lowest BCUT2D eigenvalue weighted by atomic mass is 10.1. The van der Waals surface area contributed by atoms with Crippen LogP contribution in [0, 0.1) is 0 Å². The monoisotopic (exact) mass is 176 g/mol. The molecule has 1 heteroatoms. The van der Waals surface area contributed by atoms with Crippen molar-refractivity contribution in [1.29, 1.82) is 0 Å². The van der Waals surface area contributed by atoms with Crippen molar-refractivity contribution < 1.29 is 4.74 Å². The van der Waals surface area contributed by atoms with Gasteiger partial charge in [0.15, 0.2) is 0 Å². The fraction of sp³-hybridized carbons (Fsp3) is 0.333. The standard InChI is InChI=1S/C12H16O/c1-11(2)13-10-6-9-12-7-4-3-5-8-12/h3-5,7-8H,1,6,9-10H2,2H3. The third-order valence-corrected chi connectivity index (χ3v) is 1.80. The van der Waals surface area contributed by atoms with E-state index in [1.807, 2.05) is 13.0 Å². The van der Waals surface area contributed by atoms with Crippen LogP contribution in [0.5, 0.6) is 0 Å². The van der Waals surface area contributed by atoms with Crippen LogP contribution in [0.2, 0.25) is 0 Å². The SMILES string of the molecule is C=C(C)OCCCc1ccccc1. The Bertz CT molecular complexity index is 251. The molecule has 0 unspecified atom stereocenters. The fourth-order valence-electron chi connectivity index (χ4n) is 1.17. The van der Waals surface area contributed by atoms with E-state index in [1.165, 1.54) is 5.56 Å². The molecular weight excluding hydrogens is 160 g/mol. The molecule has 0 radical (unpaired) electrons. The zero-order valence-electron chi connectivity index (χ0n) is 8.12. The van der Waals surface area contributed by atoms with Gasteiger partial charge in [0.1, 0.15) is 0 Å². The number of allylic oxidation sites excluding steroid dienone is 1. The van der Waals surface area contributed by atoms with Crippen LogP contribution >= 0.6 is 0 Å². The first-order chi connectivity index (χ1) is 6.29. The molecule has 0 aliphatic rings. The van der Waals surface area contributed by atoms with E-state index in [4.69, 9.17) is 4.74 Å². The van der Waals surface area contributed by atoms with Gasteiger partial charge in [0.25, 0.3) is 0 Å². The van der Waals surface area contributed by atoms with E-state index in [2.05, 4.69) is 30.8 Å². The molecule has 0 aromatic heterocycles. The van der Waals surface area contributed by atoms with Crippen molar-refractivity contribution in [2.24, 2.45) is 0 Å². The number of benzene rings is 1. The van der Waals surface area contributed by atoms with Gasteiger partial charge in [-0.05, 0) is 25.3 Å². The van der Waals surface area contributed by atoms with Crippen LogP contribution in [-0.2, 0) is 11.2 Å². The van der Waals surface area contributed by atoms with Gasteiger partial charge >= 0.3 is 0 Å². The summed E-state index contributed by atoms with van der Waals surface area (Å²) < 4.78 is 5.27. The molecule has 0 atom stereocenters. The molecule has 13 heavy (non-hydrogen) atoms. The maximum Gasteiger partial charge on any atom is 0.0880 e. The molecule has 0 amide bonds. The average molecular weight is 176 g/mol. The normalized spacial score (nSPS) is 9.62. The molecule has 0 saturated heterocycles. The van der Waals surface area contributed by atoms with E-state index in [-0.39, 0.29) is 0 Å². The van der Waals surface area contributed by atoms with Gasteiger partial charge in [-0.15, -0.1) is 0 Å². The summed E-state index contributed by atoms with van der Waals surface area (Å²) in [6.07, 6.45) is 2.13. The molecule has 1 aromatic rings. The highest BCUT2D eigenvalue weighted by molar-refractivity contribution is 5.14. The number of ether oxygens (including phenoxy) is 1. The first kappa shape index (κ1) is 9.85. The smallest absolute Gasteiger partial charge is 0.0880 e. The van der Waals surface area contributed by atoms with Gasteiger partial charge in [-0.1, -0.05) is 36.9 Å². The summed E-state index contributed by atoms with van der Waals surface area (Å²) in [7, 11) is 0. The van der Waals surface area contributed by atoms with Gasteiger partial charge in [0.05, 0.1) is 12.4 Å². The first-order valence-corrected chi connectivity index (χ1v) is 4.61. The summed E-state index contributed by atoms with van der Waals surface area (Å²) >= 11 is 0. The van der Waals surface area contributed by atoms with Crippen LogP contribution < -0.4 is 0 Å². The van der Waals surface area contributed by atoms with E-state index in [1.54, 1.807) is 0 Å². The summed E-state index contributed by atoms with van der Waals surface area (Å²) in [4.78, 5) is 0. The number of hydrogen-bond acceptors (Lipinski definition) is 1. The van der Waals surface area contributed by atoms with Gasteiger partial charge in [0.2, 0.25) is 0 Å². The molecule has 0 saturated carbocycles. The molecule has 1 rings (SSSR count). The molecule has 1 nitrogen and oxygen atoms in total. The van der Waals surface area contributed by atoms with Gasteiger partial charge in [0, 0.05) is 0 Å². The Balaban J connectivity index is 2.17. The Kier molecular flexibility index (Phi) is 4.10. The second kappa shape index (κ2) is 5.41. The fourth-order valence-corrected chi connectivity index (χ4v) is 1.17. The molecule has 0 N–H and O–H groups in total. The molecule has 0 fully saturated rings. The van der Waals surface area contributed by atoms with Crippen LogP contribution in [0.1, 0.15) is 18.9 Å². The van der Waals surface area contributed by atoms with Crippen LogP contribution in [0.4, 0.5) is 0 Å². The number of hydrogen-bond donors (Lipinski definition) is 0. The Morgan fingerprint density at radius 3 is 2.62 bits per heavy atom. The van der Waals surface area contributed by atoms with E-state index in [0.29, 0.717) is 0 Å². The Morgan fingerprint density at radius 2 is 2.00 bits per heavy atom. The third kappa shape index (κ3) is 4.36. The maximum atomic E-state index is 5.27. The van der Waals surface area contributed by atoms with Crippen molar-refractivity contribution >= 4 is 0 Å². The summed E-state index contributed by atoms with van der Waals surface area (Å²) in [5, 5.41) is 0. The summed E-state index contributed by atoms with van der Waals surface area (Å²) in [6, 6.07) is 10.4. The van der Waals surface area contributed by atoms with Gasteiger partial charge in [-0.25, -0.2) is 0 Å². The average Bonchev–Trinajstić information content (AvgIpc) is 2.14. The van der Waals surface area contributed by atoms with Crippen molar-refractivity contribution in [3.63, 3.8) is 0 Å². The third-order valence-electron chi connectivity index (χ3n) is 1.80. The van der Waals surface area contributed by atoms with Crippen molar-refractivity contribution in [2.75, 3.05) is 6.61 Å². The van der Waals surface area contributed by atoms with Gasteiger partial charge in [-0.2, -0.15) is 0 Å². The highest BCUT2D eigenvalue weighted by Crippen LogP contribution is 2.03. The van der Waals surface area contributed by atoms with Crippen molar-refractivity contribution in [3.05, 3.63) is 48.2 Å². The minimum absolute atomic E-state index is 0.768. The minimum atomic E-state index is 0.768. The largest absolute Gasteiger partial charge is 0.499 e. The highest BCUT2D eigenvalue weighted by atomic mass is 16.5. The van der Waals surface area contributed by atoms with E-state index < -0.39 is 0 Å². The maximum absolute atomic E-state index is 5.27. The van der Waals surface area contributed by atoms with Crippen LogP contribution in [0.25, 0.3) is 0 Å². The van der Waals surface area contributed by atoms with Gasteiger partial charge < -0.3 is 4.74 Å². The molecule has 0 aliphatic heterocycles. The zero-order chi connectivity index (χ0) is 9.52. The Labute approximate surface area is 80.0 Å². The molecule has 0 bridgehead atoms. The van der Waals surface area contributed by atoms with Crippen molar-refractivity contribution in [2.45, 2.75) is 19.8 Å². The number of aryl methyl sites for hydroxylation is 1. The lowest BCUT2D eigenvalue weighted by Gasteiger charge is -2.04. The predicted octanol–water partition coefficient (Wildman–Crippen LogP) is 3.17. The van der Waals surface area contributed by atoms with Crippen molar-refractivity contribution in [3.8, 4) is 0 Å². The Morgan fingerprint density at radius 1 is 1.31 bits per heavy atom. The molecule has 70 valence electrons. The first-order valence-electron chi connectivity index (χ1n) is 4.61. The second-order valence-electron chi connectivity index (χ2n) is 3.14. The quantitative estimate of drug-likeness (QED) is 0.494. The zero-order valence-corrected chi connectivity index (χ0v) is 8.12. The molecule has 0 spiro atoms. The topological polar surface area (TPSA) is 9.23 Å². The predicted molar refractivity (Wildman–Crippen MR) is 55.5 cm³/mol. The summed E-state index contributed by atoms with van der Waals surface area (Å²) in [6.45, 7) is 6.32. The minimum Gasteiger partial charge on any atom is -0.499 e. The van der Waals surface area contributed by atoms with E-state index >= 15 is 0 Å². The molecular formula is C12H16O. The second-order valence-corrected chi connectivity index (χ2v) is 3.14.